The number of nitrogens with one attached hydrogen (secondary N) is 1. The predicted molar refractivity (Wildman–Crippen MR) is 85.7 cm³/mol. The van der Waals surface area contributed by atoms with Crippen molar-refractivity contribution in [3.8, 4) is 5.75 Å². The monoisotopic (exact) mass is 318 g/mol. The minimum Gasteiger partial charge on any atom is -0.490 e. The number of sulfonamides is 1. The molecule has 0 radical (unpaired) electrons. The molecule has 7 heteroatoms. The van der Waals surface area contributed by atoms with Crippen molar-refractivity contribution in [3.05, 3.63) is 24.3 Å². The van der Waals surface area contributed by atoms with Crippen molar-refractivity contribution in [1.29, 1.82) is 0 Å². The first-order valence-corrected chi connectivity index (χ1v) is 9.45. The lowest BCUT2D eigenvalue weighted by atomic mass is 10.3. The number of thioether (sulfide) groups is 1. The SMILES string of the molecule is CSCCC(C)NS(=O)(=O)CCOc1ccccc1N. The molecule has 3 N–H and O–H groups in total. The summed E-state index contributed by atoms with van der Waals surface area (Å²) in [5.74, 6) is 1.37. The van der Waals surface area contributed by atoms with Crippen LogP contribution < -0.4 is 15.2 Å². The van der Waals surface area contributed by atoms with Gasteiger partial charge in [-0.3, -0.25) is 0 Å². The number of hydrogen-bond donors (Lipinski definition) is 2. The topological polar surface area (TPSA) is 81.4 Å². The molecule has 0 heterocycles. The van der Waals surface area contributed by atoms with Crippen LogP contribution in [0.2, 0.25) is 0 Å². The summed E-state index contributed by atoms with van der Waals surface area (Å²) in [7, 11) is -3.32. The van der Waals surface area contributed by atoms with Crippen LogP contribution in [0.4, 0.5) is 5.69 Å². The molecule has 0 saturated carbocycles. The number of nitrogen functional groups attached to an aromatic ring is 1. The second kappa shape index (κ2) is 8.39. The Kier molecular flexibility index (Phi) is 7.18. The van der Waals surface area contributed by atoms with Gasteiger partial charge in [-0.2, -0.15) is 11.8 Å². The Balaban J connectivity index is 2.38. The summed E-state index contributed by atoms with van der Waals surface area (Å²) < 4.78 is 31.7. The number of nitrogens with two attached hydrogens (primary N) is 1. The van der Waals surface area contributed by atoms with Crippen LogP contribution in [0.15, 0.2) is 24.3 Å². The molecule has 0 aliphatic rings. The van der Waals surface area contributed by atoms with Crippen LogP contribution in [0.25, 0.3) is 0 Å². The van der Waals surface area contributed by atoms with E-state index in [4.69, 9.17) is 10.5 Å². The largest absolute Gasteiger partial charge is 0.490 e. The fourth-order valence-corrected chi connectivity index (χ4v) is 3.33. The second-order valence-electron chi connectivity index (χ2n) is 4.51. The van der Waals surface area contributed by atoms with Gasteiger partial charge in [0.05, 0.1) is 11.4 Å². The average Bonchev–Trinajstić information content (AvgIpc) is 2.38. The Bertz CT molecular complexity index is 506. The van der Waals surface area contributed by atoms with Crippen LogP contribution >= 0.6 is 11.8 Å². The lowest BCUT2D eigenvalue weighted by Gasteiger charge is -2.14. The molecule has 0 saturated heterocycles. The van der Waals surface area contributed by atoms with E-state index in [2.05, 4.69) is 4.72 Å². The average molecular weight is 318 g/mol. The number of hydrogen-bond acceptors (Lipinski definition) is 5. The van der Waals surface area contributed by atoms with Gasteiger partial charge in [-0.25, -0.2) is 13.1 Å². The second-order valence-corrected chi connectivity index (χ2v) is 7.36. The predicted octanol–water partition coefficient (Wildman–Crippen LogP) is 1.71. The summed E-state index contributed by atoms with van der Waals surface area (Å²) in [6.45, 7) is 1.95. The van der Waals surface area contributed by atoms with Crippen LogP contribution in [-0.2, 0) is 10.0 Å². The van der Waals surface area contributed by atoms with Gasteiger partial charge >= 0.3 is 0 Å². The first-order chi connectivity index (χ1) is 9.44. The molecule has 1 aromatic carbocycles. The molecular weight excluding hydrogens is 296 g/mol. The smallest absolute Gasteiger partial charge is 0.215 e. The summed E-state index contributed by atoms with van der Waals surface area (Å²) in [5.41, 5.74) is 6.22. The van der Waals surface area contributed by atoms with Crippen LogP contribution in [0.3, 0.4) is 0 Å². The molecule has 114 valence electrons. The third kappa shape index (κ3) is 6.49. The fraction of sp³-hybridized carbons (Fsp3) is 0.538. The van der Waals surface area contributed by atoms with E-state index in [1.165, 1.54) is 0 Å². The van der Waals surface area contributed by atoms with Crippen LogP contribution in [0.5, 0.6) is 5.75 Å². The van der Waals surface area contributed by atoms with Crippen molar-refractivity contribution >= 4 is 27.5 Å². The van der Waals surface area contributed by atoms with Gasteiger partial charge in [0.25, 0.3) is 0 Å². The van der Waals surface area contributed by atoms with Crippen molar-refractivity contribution < 1.29 is 13.2 Å². The van der Waals surface area contributed by atoms with E-state index in [1.54, 1.807) is 36.0 Å². The standard InChI is InChI=1S/C13H22N2O3S2/c1-11(7-9-19-2)15-20(16,17)10-8-18-13-6-4-3-5-12(13)14/h3-6,11,15H,7-10,14H2,1-2H3. The molecule has 0 bridgehead atoms. The Labute approximate surface area is 125 Å². The molecule has 5 nitrogen and oxygen atoms in total. The molecule has 20 heavy (non-hydrogen) atoms. The Hall–Kier alpha value is -0.920. The third-order valence-electron chi connectivity index (χ3n) is 2.66. The molecule has 1 atom stereocenters. The van der Waals surface area contributed by atoms with Crippen molar-refractivity contribution in [2.75, 3.05) is 30.1 Å². The van der Waals surface area contributed by atoms with E-state index < -0.39 is 10.0 Å². The Morgan fingerprint density at radius 1 is 1.40 bits per heavy atom. The molecule has 1 rings (SSSR count). The zero-order valence-electron chi connectivity index (χ0n) is 11.8. The van der Waals surface area contributed by atoms with Gasteiger partial charge in [0, 0.05) is 6.04 Å². The number of rotatable bonds is 9. The highest BCUT2D eigenvalue weighted by Crippen LogP contribution is 2.19. The molecule has 1 unspecified atom stereocenters. The van der Waals surface area contributed by atoms with Crippen molar-refractivity contribution in [2.24, 2.45) is 0 Å². The molecule has 0 fully saturated rings. The van der Waals surface area contributed by atoms with E-state index in [1.807, 2.05) is 13.2 Å². The first kappa shape index (κ1) is 17.1. The van der Waals surface area contributed by atoms with Crippen LogP contribution in [0.1, 0.15) is 13.3 Å². The van der Waals surface area contributed by atoms with E-state index in [9.17, 15) is 8.42 Å². The molecule has 0 aliphatic carbocycles. The molecule has 1 aromatic rings. The van der Waals surface area contributed by atoms with Gasteiger partial charge in [0.2, 0.25) is 10.0 Å². The third-order valence-corrected chi connectivity index (χ3v) is 4.77. The van der Waals surface area contributed by atoms with Crippen molar-refractivity contribution in [3.63, 3.8) is 0 Å². The zero-order chi connectivity index (χ0) is 15.0. The maximum atomic E-state index is 11.9. The number of para-hydroxylation sites is 2. The highest BCUT2D eigenvalue weighted by atomic mass is 32.2. The highest BCUT2D eigenvalue weighted by Gasteiger charge is 2.14. The maximum Gasteiger partial charge on any atom is 0.215 e. The first-order valence-electron chi connectivity index (χ1n) is 6.41. The molecule has 0 amide bonds. The molecule has 0 aromatic heterocycles. The molecule has 0 aliphatic heterocycles. The van der Waals surface area contributed by atoms with Crippen LogP contribution in [0, 0.1) is 0 Å². The van der Waals surface area contributed by atoms with Crippen LogP contribution in [-0.4, -0.2) is 38.8 Å². The van der Waals surface area contributed by atoms with Crippen molar-refractivity contribution in [1.82, 2.24) is 4.72 Å². The minimum atomic E-state index is -3.32. The van der Waals surface area contributed by atoms with E-state index in [-0.39, 0.29) is 18.4 Å². The summed E-state index contributed by atoms with van der Waals surface area (Å²) >= 11 is 1.70. The summed E-state index contributed by atoms with van der Waals surface area (Å²) in [5, 5.41) is 0. The number of anilines is 1. The summed E-state index contributed by atoms with van der Waals surface area (Å²) in [6, 6.07) is 6.97. The molecular formula is C13H22N2O3S2. The quantitative estimate of drug-likeness (QED) is 0.677. The highest BCUT2D eigenvalue weighted by molar-refractivity contribution is 7.98. The minimum absolute atomic E-state index is 0.0609. The zero-order valence-corrected chi connectivity index (χ0v) is 13.5. The van der Waals surface area contributed by atoms with E-state index >= 15 is 0 Å². The molecule has 0 spiro atoms. The fourth-order valence-electron chi connectivity index (χ4n) is 1.59. The van der Waals surface area contributed by atoms with Gasteiger partial charge in [0.1, 0.15) is 12.4 Å². The van der Waals surface area contributed by atoms with Gasteiger partial charge in [-0.1, -0.05) is 12.1 Å². The van der Waals surface area contributed by atoms with Gasteiger partial charge in [-0.05, 0) is 37.5 Å². The summed E-state index contributed by atoms with van der Waals surface area (Å²) in [4.78, 5) is 0. The van der Waals surface area contributed by atoms with Gasteiger partial charge < -0.3 is 10.5 Å². The lowest BCUT2D eigenvalue weighted by Crippen LogP contribution is -2.36. The van der Waals surface area contributed by atoms with Crippen molar-refractivity contribution in [2.45, 2.75) is 19.4 Å². The van der Waals surface area contributed by atoms with Gasteiger partial charge in [-0.15, -0.1) is 0 Å². The number of ether oxygens (including phenoxy) is 1. The normalized spacial score (nSPS) is 13.1. The Morgan fingerprint density at radius 2 is 2.10 bits per heavy atom. The Morgan fingerprint density at radius 3 is 2.75 bits per heavy atom. The lowest BCUT2D eigenvalue weighted by molar-refractivity contribution is 0.342. The van der Waals surface area contributed by atoms with E-state index in [0.29, 0.717) is 11.4 Å². The van der Waals surface area contributed by atoms with Gasteiger partial charge in [0.15, 0.2) is 0 Å². The summed E-state index contributed by atoms with van der Waals surface area (Å²) in [6.07, 6.45) is 2.81. The number of benzene rings is 1. The van der Waals surface area contributed by atoms with E-state index in [0.717, 1.165) is 12.2 Å². The maximum absolute atomic E-state index is 11.9.